The lowest BCUT2D eigenvalue weighted by Gasteiger charge is -2.21. The van der Waals surface area contributed by atoms with Crippen LogP contribution < -0.4 is 5.32 Å². The molecule has 0 saturated carbocycles. The molecule has 1 atom stereocenters. The molecule has 0 fully saturated rings. The minimum Gasteiger partial charge on any atom is -0.353 e. The lowest BCUT2D eigenvalue weighted by atomic mass is 10.1. The maximum Gasteiger partial charge on any atom is 0.235 e. The molecule has 1 aromatic rings. The zero-order chi connectivity index (χ0) is 16.8. The third kappa shape index (κ3) is 6.11. The molecule has 1 aromatic carbocycles. The van der Waals surface area contributed by atoms with Crippen molar-refractivity contribution in [2.45, 2.75) is 32.7 Å². The fourth-order valence-corrected chi connectivity index (χ4v) is 2.67. The van der Waals surface area contributed by atoms with E-state index in [0.717, 1.165) is 17.0 Å². The molecular formula is C15H23FN2O3S. The van der Waals surface area contributed by atoms with E-state index >= 15 is 0 Å². The van der Waals surface area contributed by atoms with Gasteiger partial charge in [0.1, 0.15) is 5.82 Å². The van der Waals surface area contributed by atoms with E-state index in [0.29, 0.717) is 5.56 Å². The van der Waals surface area contributed by atoms with Crippen LogP contribution in [0.15, 0.2) is 24.3 Å². The zero-order valence-electron chi connectivity index (χ0n) is 13.2. The van der Waals surface area contributed by atoms with Crippen LogP contribution in [0.1, 0.15) is 25.8 Å². The van der Waals surface area contributed by atoms with Crippen LogP contribution in [0.2, 0.25) is 0 Å². The van der Waals surface area contributed by atoms with Gasteiger partial charge in [-0.2, -0.15) is 4.31 Å². The quantitative estimate of drug-likeness (QED) is 0.786. The monoisotopic (exact) mass is 330 g/mol. The molecule has 1 unspecified atom stereocenters. The predicted octanol–water partition coefficient (Wildman–Crippen LogP) is 1.54. The summed E-state index contributed by atoms with van der Waals surface area (Å²) in [5.74, 6) is -0.728. The van der Waals surface area contributed by atoms with Crippen LogP contribution in [0.3, 0.4) is 0 Å². The Kier molecular flexibility index (Phi) is 6.96. The van der Waals surface area contributed by atoms with E-state index in [2.05, 4.69) is 5.32 Å². The van der Waals surface area contributed by atoms with Gasteiger partial charge in [0, 0.05) is 12.6 Å². The molecule has 0 saturated heterocycles. The van der Waals surface area contributed by atoms with Crippen molar-refractivity contribution < 1.29 is 17.6 Å². The summed E-state index contributed by atoms with van der Waals surface area (Å²) in [6.45, 7) is 3.59. The SMILES string of the molecule is CCC(C)NC(=O)CN(CCc1ccccc1F)S(C)(=O)=O. The maximum absolute atomic E-state index is 13.6. The van der Waals surface area contributed by atoms with E-state index in [4.69, 9.17) is 0 Å². The second-order valence-electron chi connectivity index (χ2n) is 5.31. The van der Waals surface area contributed by atoms with Gasteiger partial charge in [0.2, 0.25) is 15.9 Å². The molecule has 0 aromatic heterocycles. The van der Waals surface area contributed by atoms with Crippen molar-refractivity contribution in [3.05, 3.63) is 35.6 Å². The molecule has 0 heterocycles. The molecule has 0 bridgehead atoms. The smallest absolute Gasteiger partial charge is 0.235 e. The van der Waals surface area contributed by atoms with Crippen LogP contribution in [0.4, 0.5) is 4.39 Å². The van der Waals surface area contributed by atoms with E-state index in [1.165, 1.54) is 6.07 Å². The highest BCUT2D eigenvalue weighted by atomic mass is 32.2. The Bertz CT molecular complexity index is 605. The first kappa shape index (κ1) is 18.6. The van der Waals surface area contributed by atoms with Gasteiger partial charge in [0.05, 0.1) is 12.8 Å². The zero-order valence-corrected chi connectivity index (χ0v) is 14.0. The molecule has 1 amide bonds. The minimum absolute atomic E-state index is 0.0134. The number of amides is 1. The van der Waals surface area contributed by atoms with Crippen molar-refractivity contribution in [3.63, 3.8) is 0 Å². The molecule has 5 nitrogen and oxygen atoms in total. The van der Waals surface area contributed by atoms with Crippen LogP contribution >= 0.6 is 0 Å². The number of sulfonamides is 1. The van der Waals surface area contributed by atoms with E-state index in [1.54, 1.807) is 18.2 Å². The Morgan fingerprint density at radius 3 is 2.55 bits per heavy atom. The Morgan fingerprint density at radius 2 is 2.00 bits per heavy atom. The predicted molar refractivity (Wildman–Crippen MR) is 84.4 cm³/mol. The number of rotatable bonds is 8. The van der Waals surface area contributed by atoms with E-state index in [-0.39, 0.29) is 37.3 Å². The highest BCUT2D eigenvalue weighted by molar-refractivity contribution is 7.88. The van der Waals surface area contributed by atoms with Crippen LogP contribution in [0.25, 0.3) is 0 Å². The number of halogens is 1. The summed E-state index contributed by atoms with van der Waals surface area (Å²) in [4.78, 5) is 11.9. The average molecular weight is 330 g/mol. The van der Waals surface area contributed by atoms with Crippen molar-refractivity contribution in [3.8, 4) is 0 Å². The van der Waals surface area contributed by atoms with Gasteiger partial charge in [0.15, 0.2) is 0 Å². The normalized spacial score (nSPS) is 13.1. The second kappa shape index (κ2) is 8.24. The van der Waals surface area contributed by atoms with Gasteiger partial charge in [-0.25, -0.2) is 12.8 Å². The lowest BCUT2D eigenvalue weighted by Crippen LogP contribution is -2.43. The van der Waals surface area contributed by atoms with Crippen molar-refractivity contribution in [2.24, 2.45) is 0 Å². The number of nitrogens with zero attached hydrogens (tertiary/aromatic N) is 1. The summed E-state index contributed by atoms with van der Waals surface area (Å²) in [6, 6.07) is 6.19. The average Bonchev–Trinajstić information content (AvgIpc) is 2.43. The number of nitrogens with one attached hydrogen (secondary N) is 1. The van der Waals surface area contributed by atoms with E-state index in [9.17, 15) is 17.6 Å². The fourth-order valence-electron chi connectivity index (χ4n) is 1.89. The van der Waals surface area contributed by atoms with Crippen LogP contribution in [0, 0.1) is 5.82 Å². The molecule has 0 spiro atoms. The summed E-state index contributed by atoms with van der Waals surface area (Å²) >= 11 is 0. The first-order valence-electron chi connectivity index (χ1n) is 7.22. The molecule has 124 valence electrons. The summed E-state index contributed by atoms with van der Waals surface area (Å²) in [5.41, 5.74) is 0.429. The van der Waals surface area contributed by atoms with Gasteiger partial charge in [-0.05, 0) is 31.4 Å². The van der Waals surface area contributed by atoms with Crippen molar-refractivity contribution in [1.82, 2.24) is 9.62 Å². The second-order valence-corrected chi connectivity index (χ2v) is 7.30. The van der Waals surface area contributed by atoms with E-state index < -0.39 is 10.0 Å². The number of hydrogen-bond acceptors (Lipinski definition) is 3. The lowest BCUT2D eigenvalue weighted by molar-refractivity contribution is -0.121. The van der Waals surface area contributed by atoms with Crippen molar-refractivity contribution >= 4 is 15.9 Å². The Hall–Kier alpha value is -1.47. The number of benzene rings is 1. The molecule has 0 aliphatic heterocycles. The first-order valence-corrected chi connectivity index (χ1v) is 9.06. The largest absolute Gasteiger partial charge is 0.353 e. The standard InChI is InChI=1S/C15H23FN2O3S/c1-4-12(2)17-15(19)11-18(22(3,20)21)10-9-13-7-5-6-8-14(13)16/h5-8,12H,4,9-11H2,1-3H3,(H,17,19). The molecule has 22 heavy (non-hydrogen) atoms. The molecule has 1 rings (SSSR count). The Balaban J connectivity index is 2.70. The third-order valence-electron chi connectivity index (χ3n) is 3.40. The van der Waals surface area contributed by atoms with Crippen LogP contribution in [-0.2, 0) is 21.2 Å². The van der Waals surface area contributed by atoms with E-state index in [1.807, 2.05) is 13.8 Å². The number of hydrogen-bond donors (Lipinski definition) is 1. The molecule has 0 aliphatic rings. The summed E-state index contributed by atoms with van der Waals surface area (Å²) < 4.78 is 38.2. The molecule has 0 aliphatic carbocycles. The van der Waals surface area contributed by atoms with Gasteiger partial charge < -0.3 is 5.32 Å². The minimum atomic E-state index is -3.54. The fraction of sp³-hybridized carbons (Fsp3) is 0.533. The topological polar surface area (TPSA) is 66.5 Å². The molecule has 1 N–H and O–H groups in total. The third-order valence-corrected chi connectivity index (χ3v) is 4.65. The van der Waals surface area contributed by atoms with Gasteiger partial charge in [-0.3, -0.25) is 4.79 Å². The maximum atomic E-state index is 13.6. The molecule has 7 heteroatoms. The van der Waals surface area contributed by atoms with Crippen LogP contribution in [-0.4, -0.2) is 44.0 Å². The van der Waals surface area contributed by atoms with Crippen molar-refractivity contribution in [1.29, 1.82) is 0 Å². The summed E-state index contributed by atoms with van der Waals surface area (Å²) in [7, 11) is -3.54. The van der Waals surface area contributed by atoms with Crippen molar-refractivity contribution in [2.75, 3.05) is 19.3 Å². The highest BCUT2D eigenvalue weighted by Gasteiger charge is 2.21. The van der Waals surface area contributed by atoms with Gasteiger partial charge >= 0.3 is 0 Å². The first-order chi connectivity index (χ1) is 10.2. The Morgan fingerprint density at radius 1 is 1.36 bits per heavy atom. The van der Waals surface area contributed by atoms with Gasteiger partial charge in [0.25, 0.3) is 0 Å². The Labute approximate surface area is 131 Å². The summed E-state index contributed by atoms with van der Waals surface area (Å²) in [5, 5.41) is 2.72. The highest BCUT2D eigenvalue weighted by Crippen LogP contribution is 2.09. The van der Waals surface area contributed by atoms with Gasteiger partial charge in [-0.1, -0.05) is 25.1 Å². The molecule has 0 radical (unpaired) electrons. The number of carbonyl (C=O) groups excluding carboxylic acids is 1. The molecular weight excluding hydrogens is 307 g/mol. The summed E-state index contributed by atoms with van der Waals surface area (Å²) in [6.07, 6.45) is 2.03. The van der Waals surface area contributed by atoms with Gasteiger partial charge in [-0.15, -0.1) is 0 Å². The number of carbonyl (C=O) groups is 1. The van der Waals surface area contributed by atoms with Crippen LogP contribution in [0.5, 0.6) is 0 Å².